The average Bonchev–Trinajstić information content (AvgIpc) is 2.59. The Kier molecular flexibility index (Phi) is 5.25. The summed E-state index contributed by atoms with van der Waals surface area (Å²) in [5.41, 5.74) is 0.466. The summed E-state index contributed by atoms with van der Waals surface area (Å²) in [5.74, 6) is 0.478. The molecule has 1 aliphatic rings. The van der Waals surface area contributed by atoms with Crippen LogP contribution in [0.4, 0.5) is 0 Å². The molecule has 22 heavy (non-hydrogen) atoms. The van der Waals surface area contributed by atoms with Gasteiger partial charge in [0.15, 0.2) is 11.5 Å². The molecule has 1 amide bonds. The van der Waals surface area contributed by atoms with Crippen molar-refractivity contribution in [3.63, 3.8) is 0 Å². The summed E-state index contributed by atoms with van der Waals surface area (Å²) in [5, 5.41) is 0. The SMILES string of the molecule is COC(=O)[C@H]1CCCCN1C(=O)c1ccc(OC)c(OC)c1. The van der Waals surface area contributed by atoms with Crippen molar-refractivity contribution < 1.29 is 23.8 Å². The van der Waals surface area contributed by atoms with Gasteiger partial charge in [0.1, 0.15) is 6.04 Å². The van der Waals surface area contributed by atoms with E-state index in [2.05, 4.69) is 0 Å². The Hall–Kier alpha value is -2.24. The third-order valence-electron chi connectivity index (χ3n) is 3.87. The monoisotopic (exact) mass is 307 g/mol. The van der Waals surface area contributed by atoms with Crippen LogP contribution >= 0.6 is 0 Å². The molecule has 1 saturated heterocycles. The molecular weight excluding hydrogens is 286 g/mol. The van der Waals surface area contributed by atoms with Gasteiger partial charge in [-0.05, 0) is 37.5 Å². The number of benzene rings is 1. The fraction of sp³-hybridized carbons (Fsp3) is 0.500. The van der Waals surface area contributed by atoms with E-state index in [9.17, 15) is 9.59 Å². The lowest BCUT2D eigenvalue weighted by Crippen LogP contribution is -2.48. The summed E-state index contributed by atoms with van der Waals surface area (Å²) in [6.07, 6.45) is 2.42. The van der Waals surface area contributed by atoms with E-state index in [1.807, 2.05) is 0 Å². The zero-order valence-electron chi connectivity index (χ0n) is 13.1. The van der Waals surface area contributed by atoms with Crippen molar-refractivity contribution in [3.05, 3.63) is 23.8 Å². The van der Waals surface area contributed by atoms with E-state index in [-0.39, 0.29) is 11.9 Å². The first-order valence-electron chi connectivity index (χ1n) is 7.23. The van der Waals surface area contributed by atoms with Crippen molar-refractivity contribution in [2.24, 2.45) is 0 Å². The van der Waals surface area contributed by atoms with Crippen molar-refractivity contribution in [2.75, 3.05) is 27.9 Å². The number of methoxy groups -OCH3 is 3. The van der Waals surface area contributed by atoms with E-state index in [0.717, 1.165) is 12.8 Å². The molecule has 0 bridgehead atoms. The molecule has 1 atom stereocenters. The summed E-state index contributed by atoms with van der Waals surface area (Å²) >= 11 is 0. The standard InChI is InChI=1S/C16H21NO5/c1-20-13-8-7-11(10-14(13)21-2)15(18)17-9-5-4-6-12(17)16(19)22-3/h7-8,10,12H,4-6,9H2,1-3H3/t12-/m1/s1. The van der Waals surface area contributed by atoms with Crippen LogP contribution in [-0.4, -0.2) is 50.7 Å². The normalized spacial score (nSPS) is 17.8. The number of piperidine rings is 1. The first-order valence-corrected chi connectivity index (χ1v) is 7.23. The number of esters is 1. The van der Waals surface area contributed by atoms with Crippen molar-refractivity contribution in [2.45, 2.75) is 25.3 Å². The first kappa shape index (κ1) is 16.1. The third-order valence-corrected chi connectivity index (χ3v) is 3.87. The molecule has 1 aromatic carbocycles. The molecule has 0 radical (unpaired) electrons. The highest BCUT2D eigenvalue weighted by Gasteiger charge is 2.33. The topological polar surface area (TPSA) is 65.1 Å². The molecule has 1 aliphatic heterocycles. The molecular formula is C16H21NO5. The van der Waals surface area contributed by atoms with Gasteiger partial charge in [-0.1, -0.05) is 0 Å². The Balaban J connectivity index is 2.27. The quantitative estimate of drug-likeness (QED) is 0.795. The van der Waals surface area contributed by atoms with Gasteiger partial charge in [0.05, 0.1) is 21.3 Å². The van der Waals surface area contributed by atoms with Crippen LogP contribution in [-0.2, 0) is 9.53 Å². The van der Waals surface area contributed by atoms with Crippen LogP contribution < -0.4 is 9.47 Å². The van der Waals surface area contributed by atoms with Crippen LogP contribution in [0.2, 0.25) is 0 Å². The molecule has 0 spiro atoms. The molecule has 6 heteroatoms. The minimum absolute atomic E-state index is 0.198. The van der Waals surface area contributed by atoms with E-state index in [1.165, 1.54) is 21.3 Å². The number of carbonyl (C=O) groups is 2. The van der Waals surface area contributed by atoms with Crippen molar-refractivity contribution in [1.29, 1.82) is 0 Å². The van der Waals surface area contributed by atoms with Crippen LogP contribution in [0.5, 0.6) is 11.5 Å². The molecule has 120 valence electrons. The Morgan fingerprint density at radius 2 is 1.82 bits per heavy atom. The van der Waals surface area contributed by atoms with E-state index < -0.39 is 6.04 Å². The highest BCUT2D eigenvalue weighted by molar-refractivity contribution is 5.97. The predicted molar refractivity (Wildman–Crippen MR) is 80.2 cm³/mol. The lowest BCUT2D eigenvalue weighted by molar-refractivity contribution is -0.147. The molecule has 2 rings (SSSR count). The maximum Gasteiger partial charge on any atom is 0.328 e. The first-order chi connectivity index (χ1) is 10.6. The molecule has 1 fully saturated rings. The maximum atomic E-state index is 12.7. The molecule has 1 heterocycles. The van der Waals surface area contributed by atoms with Gasteiger partial charge in [-0.15, -0.1) is 0 Å². The van der Waals surface area contributed by atoms with Crippen LogP contribution in [0, 0.1) is 0 Å². The molecule has 0 saturated carbocycles. The zero-order valence-corrected chi connectivity index (χ0v) is 13.1. The summed E-state index contributed by atoms with van der Waals surface area (Å²) in [6, 6.07) is 4.47. The number of amides is 1. The van der Waals surface area contributed by atoms with Crippen molar-refractivity contribution in [3.8, 4) is 11.5 Å². The number of hydrogen-bond donors (Lipinski definition) is 0. The summed E-state index contributed by atoms with van der Waals surface area (Å²) in [7, 11) is 4.40. The molecule has 0 aliphatic carbocycles. The van der Waals surface area contributed by atoms with Crippen LogP contribution in [0.1, 0.15) is 29.6 Å². The number of nitrogens with zero attached hydrogens (tertiary/aromatic N) is 1. The van der Waals surface area contributed by atoms with E-state index >= 15 is 0 Å². The Morgan fingerprint density at radius 1 is 1.09 bits per heavy atom. The zero-order chi connectivity index (χ0) is 16.1. The highest BCUT2D eigenvalue weighted by atomic mass is 16.5. The second-order valence-electron chi connectivity index (χ2n) is 5.10. The third kappa shape index (κ3) is 3.16. The minimum Gasteiger partial charge on any atom is -0.493 e. The molecule has 0 unspecified atom stereocenters. The van der Waals surface area contributed by atoms with Crippen LogP contribution in [0.25, 0.3) is 0 Å². The second-order valence-corrected chi connectivity index (χ2v) is 5.10. The van der Waals surface area contributed by atoms with Gasteiger partial charge in [0, 0.05) is 12.1 Å². The Labute approximate surface area is 129 Å². The Morgan fingerprint density at radius 3 is 2.45 bits per heavy atom. The second kappa shape index (κ2) is 7.15. The summed E-state index contributed by atoms with van der Waals surface area (Å²) < 4.78 is 15.2. The van der Waals surface area contributed by atoms with Gasteiger partial charge < -0.3 is 19.1 Å². The van der Waals surface area contributed by atoms with E-state index in [0.29, 0.717) is 30.0 Å². The number of likely N-dealkylation sites (tertiary alicyclic amines) is 1. The number of hydrogen-bond acceptors (Lipinski definition) is 5. The fourth-order valence-corrected chi connectivity index (χ4v) is 2.69. The lowest BCUT2D eigenvalue weighted by atomic mass is 10.0. The van der Waals surface area contributed by atoms with Gasteiger partial charge in [-0.25, -0.2) is 4.79 Å². The number of ether oxygens (including phenoxy) is 3. The summed E-state index contributed by atoms with van der Waals surface area (Å²) in [6.45, 7) is 0.549. The van der Waals surface area contributed by atoms with Crippen molar-refractivity contribution >= 4 is 11.9 Å². The van der Waals surface area contributed by atoms with Gasteiger partial charge in [0.25, 0.3) is 5.91 Å². The minimum atomic E-state index is -0.514. The van der Waals surface area contributed by atoms with Gasteiger partial charge >= 0.3 is 5.97 Å². The average molecular weight is 307 g/mol. The van der Waals surface area contributed by atoms with Gasteiger partial charge in [-0.3, -0.25) is 4.79 Å². The molecule has 0 N–H and O–H groups in total. The summed E-state index contributed by atoms with van der Waals surface area (Å²) in [4.78, 5) is 26.2. The molecule has 1 aromatic rings. The van der Waals surface area contributed by atoms with Crippen LogP contribution in [0.15, 0.2) is 18.2 Å². The predicted octanol–water partition coefficient (Wildman–Crippen LogP) is 1.87. The van der Waals surface area contributed by atoms with Gasteiger partial charge in [-0.2, -0.15) is 0 Å². The number of rotatable bonds is 4. The number of carbonyl (C=O) groups excluding carboxylic acids is 2. The smallest absolute Gasteiger partial charge is 0.328 e. The van der Waals surface area contributed by atoms with E-state index in [1.54, 1.807) is 23.1 Å². The molecule has 0 aromatic heterocycles. The van der Waals surface area contributed by atoms with Crippen molar-refractivity contribution in [1.82, 2.24) is 4.90 Å². The largest absolute Gasteiger partial charge is 0.493 e. The molecule has 6 nitrogen and oxygen atoms in total. The Bertz CT molecular complexity index is 557. The maximum absolute atomic E-state index is 12.7. The lowest BCUT2D eigenvalue weighted by Gasteiger charge is -2.33. The van der Waals surface area contributed by atoms with E-state index in [4.69, 9.17) is 14.2 Å². The highest BCUT2D eigenvalue weighted by Crippen LogP contribution is 2.29. The van der Waals surface area contributed by atoms with Gasteiger partial charge in [0.2, 0.25) is 0 Å². The van der Waals surface area contributed by atoms with Crippen LogP contribution in [0.3, 0.4) is 0 Å². The fourth-order valence-electron chi connectivity index (χ4n) is 2.69.